The number of fused-ring (bicyclic) bond motifs is 1. The summed E-state index contributed by atoms with van der Waals surface area (Å²) in [5.74, 6) is 0.525. The molecule has 16 heavy (non-hydrogen) atoms. The normalized spacial score (nSPS) is 10.6. The minimum absolute atomic E-state index is 0.237. The second kappa shape index (κ2) is 5.30. The van der Waals surface area contributed by atoms with Crippen LogP contribution in [-0.4, -0.2) is 11.9 Å². The van der Waals surface area contributed by atoms with Crippen LogP contribution in [0.4, 0.5) is 4.39 Å². The van der Waals surface area contributed by atoms with Crippen molar-refractivity contribution in [1.82, 2.24) is 0 Å². The zero-order valence-electron chi connectivity index (χ0n) is 8.67. The van der Waals surface area contributed by atoms with Crippen LogP contribution in [0, 0.1) is 11.9 Å². The molecular formula is C13H11BrFO. The molecule has 0 bridgehead atoms. The van der Waals surface area contributed by atoms with Gasteiger partial charge in [0.2, 0.25) is 0 Å². The van der Waals surface area contributed by atoms with Crippen LogP contribution < -0.4 is 4.74 Å². The largest absolute Gasteiger partial charge is 0.493 e. The van der Waals surface area contributed by atoms with Gasteiger partial charge < -0.3 is 4.74 Å². The van der Waals surface area contributed by atoms with E-state index in [9.17, 15) is 4.39 Å². The molecule has 2 aromatic carbocycles. The molecule has 0 atom stereocenters. The molecule has 0 aliphatic rings. The molecule has 3 heteroatoms. The molecular weight excluding hydrogens is 271 g/mol. The first-order valence-electron chi connectivity index (χ1n) is 5.09. The molecule has 2 aromatic rings. The quantitative estimate of drug-likeness (QED) is 0.609. The second-order valence-electron chi connectivity index (χ2n) is 3.44. The fourth-order valence-corrected chi connectivity index (χ4v) is 1.75. The average molecular weight is 282 g/mol. The van der Waals surface area contributed by atoms with E-state index >= 15 is 0 Å². The Bertz CT molecular complexity index is 484. The Labute approximate surface area is 102 Å². The highest BCUT2D eigenvalue weighted by Gasteiger charge is 2.02. The number of ether oxygens (including phenoxy) is 1. The Balaban J connectivity index is 2.30. The van der Waals surface area contributed by atoms with Gasteiger partial charge in [0.25, 0.3) is 0 Å². The maximum Gasteiger partial charge on any atom is 0.127 e. The van der Waals surface area contributed by atoms with Crippen LogP contribution in [0.1, 0.15) is 6.42 Å². The zero-order valence-corrected chi connectivity index (χ0v) is 10.3. The van der Waals surface area contributed by atoms with Crippen LogP contribution in [0.15, 0.2) is 30.3 Å². The standard InChI is InChI=1S/C13H11BrFO/c14-7-2-8-16-13-4-1-3-10-9-11(15)5-6-12(10)13/h3-6,9H,2,7-8H2. The van der Waals surface area contributed by atoms with Gasteiger partial charge in [0.05, 0.1) is 6.61 Å². The first-order valence-corrected chi connectivity index (χ1v) is 6.21. The number of rotatable bonds is 4. The van der Waals surface area contributed by atoms with E-state index < -0.39 is 0 Å². The van der Waals surface area contributed by atoms with E-state index in [1.807, 2.05) is 0 Å². The summed E-state index contributed by atoms with van der Waals surface area (Å²) in [4.78, 5) is 0. The highest BCUT2D eigenvalue weighted by molar-refractivity contribution is 9.09. The van der Waals surface area contributed by atoms with Gasteiger partial charge >= 0.3 is 0 Å². The van der Waals surface area contributed by atoms with E-state index in [1.165, 1.54) is 12.1 Å². The average Bonchev–Trinajstić information content (AvgIpc) is 2.29. The highest BCUT2D eigenvalue weighted by Crippen LogP contribution is 2.25. The third-order valence-corrected chi connectivity index (χ3v) is 2.83. The Morgan fingerprint density at radius 3 is 3.00 bits per heavy atom. The third-order valence-electron chi connectivity index (χ3n) is 2.27. The number of hydrogen-bond acceptors (Lipinski definition) is 1. The van der Waals surface area contributed by atoms with E-state index in [-0.39, 0.29) is 5.82 Å². The molecule has 0 fully saturated rings. The molecule has 0 aliphatic carbocycles. The monoisotopic (exact) mass is 281 g/mol. The van der Waals surface area contributed by atoms with Crippen LogP contribution >= 0.6 is 15.9 Å². The SMILES string of the molecule is Fc1ccc2c(OCCCBr)c[c]cc2c1. The van der Waals surface area contributed by atoms with Crippen molar-refractivity contribution in [3.05, 3.63) is 42.2 Å². The highest BCUT2D eigenvalue weighted by atomic mass is 79.9. The van der Waals surface area contributed by atoms with Crippen molar-refractivity contribution in [2.75, 3.05) is 11.9 Å². The number of hydrogen-bond donors (Lipinski definition) is 0. The summed E-state index contributed by atoms with van der Waals surface area (Å²) in [6, 6.07) is 11.2. The summed E-state index contributed by atoms with van der Waals surface area (Å²) in [6.45, 7) is 0.648. The predicted molar refractivity (Wildman–Crippen MR) is 66.6 cm³/mol. The molecule has 0 amide bonds. The van der Waals surface area contributed by atoms with Gasteiger partial charge in [0, 0.05) is 10.7 Å². The van der Waals surface area contributed by atoms with Gasteiger partial charge in [0.15, 0.2) is 0 Å². The predicted octanol–water partition coefficient (Wildman–Crippen LogP) is 3.94. The number of halogens is 2. The van der Waals surface area contributed by atoms with Crippen molar-refractivity contribution in [2.24, 2.45) is 0 Å². The lowest BCUT2D eigenvalue weighted by Crippen LogP contribution is -1.98. The lowest BCUT2D eigenvalue weighted by molar-refractivity contribution is 0.323. The van der Waals surface area contributed by atoms with Gasteiger partial charge in [-0.3, -0.25) is 0 Å². The summed E-state index contributed by atoms with van der Waals surface area (Å²) in [6.07, 6.45) is 0.942. The fourth-order valence-electron chi connectivity index (χ4n) is 1.52. The summed E-state index contributed by atoms with van der Waals surface area (Å²) in [5.41, 5.74) is 0. The van der Waals surface area contributed by atoms with Crippen molar-refractivity contribution in [3.63, 3.8) is 0 Å². The van der Waals surface area contributed by atoms with Crippen molar-refractivity contribution < 1.29 is 9.13 Å². The molecule has 0 saturated heterocycles. The molecule has 2 rings (SSSR count). The van der Waals surface area contributed by atoms with Gasteiger partial charge in [-0.15, -0.1) is 0 Å². The molecule has 0 heterocycles. The maximum absolute atomic E-state index is 13.0. The first kappa shape index (κ1) is 11.4. The van der Waals surface area contributed by atoms with Crippen LogP contribution in [0.25, 0.3) is 10.8 Å². The van der Waals surface area contributed by atoms with Gasteiger partial charge in [-0.05, 0) is 48.2 Å². The molecule has 0 unspecified atom stereocenters. The summed E-state index contributed by atoms with van der Waals surface area (Å²) in [7, 11) is 0. The Morgan fingerprint density at radius 1 is 1.31 bits per heavy atom. The topological polar surface area (TPSA) is 9.23 Å². The van der Waals surface area contributed by atoms with E-state index in [4.69, 9.17) is 4.74 Å². The van der Waals surface area contributed by atoms with Gasteiger partial charge in [-0.2, -0.15) is 0 Å². The summed E-state index contributed by atoms with van der Waals surface area (Å²) < 4.78 is 18.6. The van der Waals surface area contributed by atoms with Crippen molar-refractivity contribution >= 4 is 26.7 Å². The van der Waals surface area contributed by atoms with Crippen molar-refractivity contribution in [2.45, 2.75) is 6.42 Å². The van der Waals surface area contributed by atoms with E-state index in [0.717, 1.165) is 28.3 Å². The molecule has 1 nitrogen and oxygen atoms in total. The van der Waals surface area contributed by atoms with E-state index in [1.54, 1.807) is 18.2 Å². The van der Waals surface area contributed by atoms with Crippen LogP contribution in [0.5, 0.6) is 5.75 Å². The molecule has 0 spiro atoms. The Kier molecular flexibility index (Phi) is 3.78. The molecule has 83 valence electrons. The van der Waals surface area contributed by atoms with E-state index in [2.05, 4.69) is 22.0 Å². The summed E-state index contributed by atoms with van der Waals surface area (Å²) >= 11 is 3.34. The third kappa shape index (κ3) is 2.53. The Hall–Kier alpha value is -1.09. The van der Waals surface area contributed by atoms with Crippen LogP contribution in [0.3, 0.4) is 0 Å². The number of alkyl halides is 1. The molecule has 0 N–H and O–H groups in total. The van der Waals surface area contributed by atoms with Crippen molar-refractivity contribution in [3.8, 4) is 5.75 Å². The van der Waals surface area contributed by atoms with Gasteiger partial charge in [0.1, 0.15) is 11.6 Å². The minimum Gasteiger partial charge on any atom is -0.493 e. The smallest absolute Gasteiger partial charge is 0.127 e. The van der Waals surface area contributed by atoms with Gasteiger partial charge in [-0.25, -0.2) is 4.39 Å². The molecule has 0 aromatic heterocycles. The van der Waals surface area contributed by atoms with Gasteiger partial charge in [-0.1, -0.05) is 15.9 Å². The summed E-state index contributed by atoms with van der Waals surface area (Å²) in [5, 5.41) is 2.65. The molecule has 0 aliphatic heterocycles. The molecule has 1 radical (unpaired) electrons. The molecule has 0 saturated carbocycles. The zero-order chi connectivity index (χ0) is 11.4. The van der Waals surface area contributed by atoms with Crippen LogP contribution in [0.2, 0.25) is 0 Å². The van der Waals surface area contributed by atoms with Crippen LogP contribution in [-0.2, 0) is 0 Å². The first-order chi connectivity index (χ1) is 7.81. The van der Waals surface area contributed by atoms with Crippen molar-refractivity contribution in [1.29, 1.82) is 0 Å². The number of benzene rings is 2. The lowest BCUT2D eigenvalue weighted by atomic mass is 10.1. The minimum atomic E-state index is -0.237. The fraction of sp³-hybridized carbons (Fsp3) is 0.231. The Morgan fingerprint density at radius 2 is 2.19 bits per heavy atom. The second-order valence-corrected chi connectivity index (χ2v) is 4.24. The maximum atomic E-state index is 13.0. The lowest BCUT2D eigenvalue weighted by Gasteiger charge is -2.08. The van der Waals surface area contributed by atoms with E-state index in [0.29, 0.717) is 6.61 Å².